The number of fused-ring (bicyclic) bond motifs is 2. The Labute approximate surface area is 225 Å². The number of benzene rings is 2. The van der Waals surface area contributed by atoms with E-state index in [1.54, 1.807) is 6.07 Å². The molecule has 3 heterocycles. The van der Waals surface area contributed by atoms with Gasteiger partial charge in [-0.05, 0) is 51.7 Å². The fourth-order valence-electron chi connectivity index (χ4n) is 6.01. The van der Waals surface area contributed by atoms with Crippen LogP contribution < -0.4 is 15.2 Å². The lowest BCUT2D eigenvalue weighted by molar-refractivity contribution is -0.582. The molecule has 0 aromatic heterocycles. The number of nitriles is 1. The molecule has 5 nitrogen and oxygen atoms in total. The largest absolute Gasteiger partial charge is 0.545 e. The van der Waals surface area contributed by atoms with Crippen molar-refractivity contribution in [3.63, 3.8) is 0 Å². The van der Waals surface area contributed by atoms with Crippen molar-refractivity contribution < 1.29 is 27.6 Å². The van der Waals surface area contributed by atoms with Gasteiger partial charge >= 0.3 is 0 Å². The van der Waals surface area contributed by atoms with Gasteiger partial charge in [0.2, 0.25) is 0 Å². The molecule has 198 valence electrons. The van der Waals surface area contributed by atoms with Crippen LogP contribution in [-0.2, 0) is 6.42 Å². The zero-order chi connectivity index (χ0) is 27.6. The highest BCUT2D eigenvalue weighted by Crippen LogP contribution is 2.45. The number of carbonyl (C=O) groups is 1. The summed E-state index contributed by atoms with van der Waals surface area (Å²) >= 11 is 0. The molecule has 0 amide bonds. The molecule has 4 aliphatic rings. The van der Waals surface area contributed by atoms with E-state index < -0.39 is 54.6 Å². The molecule has 1 aliphatic carbocycles. The first-order valence-electron chi connectivity index (χ1n) is 13.1. The first kappa shape index (κ1) is 25.4. The highest BCUT2D eigenvalue weighted by atomic mass is 28.3. The van der Waals surface area contributed by atoms with E-state index in [4.69, 9.17) is 0 Å². The molecule has 9 heteroatoms. The minimum Gasteiger partial charge on any atom is -0.545 e. The predicted molar refractivity (Wildman–Crippen MR) is 143 cm³/mol. The van der Waals surface area contributed by atoms with Gasteiger partial charge in [-0.2, -0.15) is 5.26 Å². The summed E-state index contributed by atoms with van der Waals surface area (Å²) in [5.41, 5.74) is 0.898. The van der Waals surface area contributed by atoms with Crippen LogP contribution in [-0.4, -0.2) is 50.5 Å². The zero-order valence-corrected chi connectivity index (χ0v) is 22.7. The number of hydrogen-bond acceptors (Lipinski definition) is 4. The summed E-state index contributed by atoms with van der Waals surface area (Å²) < 4.78 is 48.5. The van der Waals surface area contributed by atoms with Crippen molar-refractivity contribution in [3.05, 3.63) is 86.9 Å². The van der Waals surface area contributed by atoms with E-state index in [2.05, 4.69) is 34.7 Å². The van der Waals surface area contributed by atoms with Gasteiger partial charge in [0.05, 0.1) is 24.9 Å². The third-order valence-electron chi connectivity index (χ3n) is 8.46. The molecular formula is C30H26F3N3O2Si. The summed E-state index contributed by atoms with van der Waals surface area (Å²) in [5, 5.41) is 23.4. The molecule has 0 N–H and O–H groups in total. The Kier molecular flexibility index (Phi) is 5.92. The number of anilines is 1. The summed E-state index contributed by atoms with van der Waals surface area (Å²) in [4.78, 5) is 14.5. The Hall–Kier alpha value is -3.90. The number of halogens is 3. The SMILES string of the molecule is C[Si]1(C)C2=CC(=[N+]3CCC3)C=CC2=C(c2c(F)c(CC#N)c(F)c(F)c2C(=O)[O-])c2ccc(N3CCC3)cc21. The maximum absolute atomic E-state index is 16.2. The third-order valence-corrected chi connectivity index (χ3v) is 12.0. The van der Waals surface area contributed by atoms with Crippen LogP contribution in [0.15, 0.2) is 47.2 Å². The summed E-state index contributed by atoms with van der Waals surface area (Å²) in [6, 6.07) is 7.50. The van der Waals surface area contributed by atoms with Gasteiger partial charge in [-0.15, -0.1) is 0 Å². The van der Waals surface area contributed by atoms with Crippen molar-refractivity contribution in [2.75, 3.05) is 31.1 Å². The van der Waals surface area contributed by atoms with Gasteiger partial charge in [0, 0.05) is 47.6 Å². The molecular weight excluding hydrogens is 519 g/mol. The number of aromatic carboxylic acids is 1. The Morgan fingerprint density at radius 3 is 2.44 bits per heavy atom. The molecule has 0 bridgehead atoms. The first-order chi connectivity index (χ1) is 18.6. The molecule has 39 heavy (non-hydrogen) atoms. The summed E-state index contributed by atoms with van der Waals surface area (Å²) in [6.45, 7) is 8.11. The van der Waals surface area contributed by atoms with Gasteiger partial charge in [-0.1, -0.05) is 19.2 Å². The van der Waals surface area contributed by atoms with Crippen molar-refractivity contribution in [1.82, 2.24) is 0 Å². The second-order valence-corrected chi connectivity index (χ2v) is 15.3. The van der Waals surface area contributed by atoms with Crippen LogP contribution in [0.3, 0.4) is 0 Å². The maximum atomic E-state index is 16.2. The van der Waals surface area contributed by atoms with Crippen molar-refractivity contribution in [1.29, 1.82) is 5.26 Å². The molecule has 0 atom stereocenters. The molecule has 2 aromatic rings. The van der Waals surface area contributed by atoms with Crippen LogP contribution in [0.4, 0.5) is 18.9 Å². The van der Waals surface area contributed by atoms with E-state index in [0.717, 1.165) is 60.8 Å². The molecule has 0 unspecified atom stereocenters. The van der Waals surface area contributed by atoms with Gasteiger partial charge in [-0.25, -0.2) is 17.7 Å². The number of hydrogen-bond donors (Lipinski definition) is 0. The van der Waals surface area contributed by atoms with E-state index in [0.29, 0.717) is 11.1 Å². The summed E-state index contributed by atoms with van der Waals surface area (Å²) in [7, 11) is -2.43. The molecule has 0 spiro atoms. The van der Waals surface area contributed by atoms with Crippen LogP contribution in [0.25, 0.3) is 5.57 Å². The fourth-order valence-corrected chi connectivity index (χ4v) is 9.08. The average Bonchev–Trinajstić information content (AvgIpc) is 2.83. The van der Waals surface area contributed by atoms with Crippen LogP contribution in [0.5, 0.6) is 0 Å². The fraction of sp³-hybridized carbons (Fsp3) is 0.300. The van der Waals surface area contributed by atoms with Crippen LogP contribution >= 0.6 is 0 Å². The Morgan fingerprint density at radius 1 is 1.10 bits per heavy atom. The van der Waals surface area contributed by atoms with E-state index in [9.17, 15) is 19.6 Å². The molecule has 0 saturated carbocycles. The minimum atomic E-state index is -2.43. The quantitative estimate of drug-likeness (QED) is 0.336. The summed E-state index contributed by atoms with van der Waals surface area (Å²) in [5.74, 6) is -6.66. The van der Waals surface area contributed by atoms with E-state index in [-0.39, 0.29) is 5.57 Å². The van der Waals surface area contributed by atoms with Crippen molar-refractivity contribution in [2.24, 2.45) is 0 Å². The Balaban J connectivity index is 1.72. The van der Waals surface area contributed by atoms with Crippen molar-refractivity contribution in [2.45, 2.75) is 32.4 Å². The highest BCUT2D eigenvalue weighted by Gasteiger charge is 2.43. The average molecular weight is 546 g/mol. The molecule has 2 aromatic carbocycles. The third kappa shape index (κ3) is 3.73. The number of carboxylic acid groups (broad SMARTS) is 1. The number of allylic oxidation sites excluding steroid dienone is 5. The van der Waals surface area contributed by atoms with E-state index in [1.807, 2.05) is 24.3 Å². The van der Waals surface area contributed by atoms with Crippen LogP contribution in [0, 0.1) is 28.8 Å². The molecule has 2 fully saturated rings. The van der Waals surface area contributed by atoms with E-state index in [1.165, 1.54) is 0 Å². The molecule has 3 aliphatic heterocycles. The van der Waals surface area contributed by atoms with Crippen LogP contribution in [0.2, 0.25) is 13.1 Å². The lowest BCUT2D eigenvalue weighted by Crippen LogP contribution is -2.50. The zero-order valence-electron chi connectivity index (χ0n) is 21.7. The smallest absolute Gasteiger partial charge is 0.199 e. The van der Waals surface area contributed by atoms with Gasteiger partial charge in [-0.3, -0.25) is 0 Å². The van der Waals surface area contributed by atoms with Crippen molar-refractivity contribution >= 4 is 36.2 Å². The molecule has 0 radical (unpaired) electrons. The lowest BCUT2D eigenvalue weighted by atomic mass is 9.85. The number of nitrogens with zero attached hydrogens (tertiary/aromatic N) is 3. The Morgan fingerprint density at radius 2 is 1.85 bits per heavy atom. The second kappa shape index (κ2) is 9.09. The number of carbonyl (C=O) groups excluding carboxylic acids is 1. The highest BCUT2D eigenvalue weighted by molar-refractivity contribution is 6.98. The topological polar surface area (TPSA) is 70.2 Å². The van der Waals surface area contributed by atoms with Gasteiger partial charge in [0.25, 0.3) is 0 Å². The van der Waals surface area contributed by atoms with Gasteiger partial charge in [0.1, 0.15) is 27.0 Å². The predicted octanol–water partition coefficient (Wildman–Crippen LogP) is 3.37. The lowest BCUT2D eigenvalue weighted by Gasteiger charge is -2.40. The Bertz CT molecular complexity index is 1640. The normalized spacial score (nSPS) is 19.1. The summed E-state index contributed by atoms with van der Waals surface area (Å²) in [6.07, 6.45) is 7.27. The monoisotopic (exact) mass is 545 g/mol. The minimum absolute atomic E-state index is 0.187. The standard InChI is InChI=1S/C30H26F3N3O2Si/c1-39(2)22-15-17(35-11-3-12-35)5-7-19(22)24(20-8-6-18(16-23(20)39)36-13-4-14-36)25-26(30(37)38)29(33)28(32)21(9-10-34)27(25)31/h5-8,15-16H,3-4,9,11-14H2,1-2H3. The van der Waals surface area contributed by atoms with Crippen LogP contribution in [0.1, 0.15) is 39.9 Å². The molecule has 6 rings (SSSR count). The van der Waals surface area contributed by atoms with Gasteiger partial charge in [0.15, 0.2) is 17.3 Å². The number of rotatable bonds is 4. The van der Waals surface area contributed by atoms with Gasteiger partial charge < -0.3 is 14.8 Å². The second-order valence-electron chi connectivity index (χ2n) is 10.9. The van der Waals surface area contributed by atoms with Crippen molar-refractivity contribution in [3.8, 4) is 6.07 Å². The maximum Gasteiger partial charge on any atom is 0.199 e. The number of carboxylic acids is 1. The first-order valence-corrected chi connectivity index (χ1v) is 16.1. The van der Waals surface area contributed by atoms with E-state index >= 15 is 8.78 Å². The molecule has 2 saturated heterocycles.